The molecule has 0 aromatic carbocycles. The number of ether oxygens (including phenoxy) is 1. The first-order valence-electron chi connectivity index (χ1n) is 4.36. The van der Waals surface area contributed by atoms with Crippen molar-refractivity contribution >= 4 is 5.97 Å². The van der Waals surface area contributed by atoms with Crippen molar-refractivity contribution < 1.29 is 14.6 Å². The van der Waals surface area contributed by atoms with E-state index in [1.54, 1.807) is 6.20 Å². The van der Waals surface area contributed by atoms with Gasteiger partial charge in [-0.3, -0.25) is 0 Å². The van der Waals surface area contributed by atoms with Gasteiger partial charge < -0.3 is 14.7 Å². The molecule has 0 aliphatic carbocycles. The standard InChI is InChI=1S/C9H15NO3/c1-7-8(4-6-13-7)10(2)5-3-9(11)12/h3,5,7-8H,4,6H2,1-2H3,(H,11,12)/b5-3+. The van der Waals surface area contributed by atoms with Crippen molar-refractivity contribution in [3.05, 3.63) is 12.3 Å². The van der Waals surface area contributed by atoms with Crippen LogP contribution in [0.3, 0.4) is 0 Å². The van der Waals surface area contributed by atoms with Gasteiger partial charge in [0.25, 0.3) is 0 Å². The number of likely N-dealkylation sites (N-methyl/N-ethyl adjacent to an activating group) is 1. The molecule has 0 saturated carbocycles. The lowest BCUT2D eigenvalue weighted by molar-refractivity contribution is -0.131. The normalized spacial score (nSPS) is 28.2. The summed E-state index contributed by atoms with van der Waals surface area (Å²) in [6.07, 6.45) is 3.87. The number of rotatable bonds is 3. The lowest BCUT2D eigenvalue weighted by Crippen LogP contribution is -2.32. The molecule has 1 fully saturated rings. The highest BCUT2D eigenvalue weighted by Crippen LogP contribution is 2.17. The van der Waals surface area contributed by atoms with Crippen LogP contribution in [0.15, 0.2) is 12.3 Å². The van der Waals surface area contributed by atoms with Crippen molar-refractivity contribution in [3.63, 3.8) is 0 Å². The third kappa shape index (κ3) is 2.73. The molecule has 0 aromatic rings. The molecular weight excluding hydrogens is 170 g/mol. The Hall–Kier alpha value is -1.03. The highest BCUT2D eigenvalue weighted by atomic mass is 16.5. The Morgan fingerprint density at radius 3 is 2.85 bits per heavy atom. The molecule has 1 heterocycles. The van der Waals surface area contributed by atoms with Gasteiger partial charge in [-0.25, -0.2) is 4.79 Å². The van der Waals surface area contributed by atoms with Crippen LogP contribution >= 0.6 is 0 Å². The van der Waals surface area contributed by atoms with Crippen LogP contribution in [-0.2, 0) is 9.53 Å². The third-order valence-electron chi connectivity index (χ3n) is 2.31. The van der Waals surface area contributed by atoms with Crippen molar-refractivity contribution in [1.82, 2.24) is 4.90 Å². The van der Waals surface area contributed by atoms with Gasteiger partial charge in [-0.1, -0.05) is 0 Å². The van der Waals surface area contributed by atoms with Gasteiger partial charge in [0.2, 0.25) is 0 Å². The zero-order valence-corrected chi connectivity index (χ0v) is 7.93. The van der Waals surface area contributed by atoms with Gasteiger partial charge in [0, 0.05) is 25.9 Å². The molecule has 1 N–H and O–H groups in total. The fourth-order valence-electron chi connectivity index (χ4n) is 1.55. The summed E-state index contributed by atoms with van der Waals surface area (Å²) in [7, 11) is 1.87. The van der Waals surface area contributed by atoms with Crippen LogP contribution < -0.4 is 0 Å². The maximum atomic E-state index is 10.3. The molecule has 1 saturated heterocycles. The van der Waals surface area contributed by atoms with Gasteiger partial charge in [0.1, 0.15) is 0 Å². The summed E-state index contributed by atoms with van der Waals surface area (Å²) in [6, 6.07) is 0.301. The van der Waals surface area contributed by atoms with Gasteiger partial charge in [-0.15, -0.1) is 0 Å². The SMILES string of the molecule is CC1OCCC1N(C)/C=C/C(=O)O. The zero-order chi connectivity index (χ0) is 9.84. The van der Waals surface area contributed by atoms with E-state index in [4.69, 9.17) is 9.84 Å². The summed E-state index contributed by atoms with van der Waals surface area (Å²) in [5.41, 5.74) is 0. The van der Waals surface area contributed by atoms with Crippen molar-refractivity contribution in [3.8, 4) is 0 Å². The maximum Gasteiger partial charge on any atom is 0.329 e. The topological polar surface area (TPSA) is 49.8 Å². The van der Waals surface area contributed by atoms with Crippen molar-refractivity contribution in [2.75, 3.05) is 13.7 Å². The average molecular weight is 185 g/mol. The van der Waals surface area contributed by atoms with Crippen LogP contribution in [0.1, 0.15) is 13.3 Å². The molecule has 4 heteroatoms. The van der Waals surface area contributed by atoms with Crippen LogP contribution in [0, 0.1) is 0 Å². The molecule has 13 heavy (non-hydrogen) atoms. The van der Waals surface area contributed by atoms with E-state index in [2.05, 4.69) is 0 Å². The highest BCUT2D eigenvalue weighted by Gasteiger charge is 2.26. The predicted octanol–water partition coefficient (Wildman–Crippen LogP) is 0.694. The number of hydrogen-bond donors (Lipinski definition) is 1. The number of hydrogen-bond acceptors (Lipinski definition) is 3. The second-order valence-corrected chi connectivity index (χ2v) is 3.25. The number of carboxylic acids is 1. The largest absolute Gasteiger partial charge is 0.478 e. The lowest BCUT2D eigenvalue weighted by atomic mass is 10.1. The van der Waals surface area contributed by atoms with Gasteiger partial charge in [-0.2, -0.15) is 0 Å². The quantitative estimate of drug-likeness (QED) is 0.657. The summed E-state index contributed by atoms with van der Waals surface area (Å²) in [5.74, 6) is -0.918. The van der Waals surface area contributed by atoms with Crippen molar-refractivity contribution in [2.24, 2.45) is 0 Å². The number of carboxylic acid groups (broad SMARTS) is 1. The van der Waals surface area contributed by atoms with Crippen LogP contribution in [-0.4, -0.2) is 41.8 Å². The summed E-state index contributed by atoms with van der Waals surface area (Å²) >= 11 is 0. The minimum Gasteiger partial charge on any atom is -0.478 e. The summed E-state index contributed by atoms with van der Waals surface area (Å²) in [4.78, 5) is 12.2. The molecule has 0 amide bonds. The third-order valence-corrected chi connectivity index (χ3v) is 2.31. The number of aliphatic carboxylic acids is 1. The van der Waals surface area contributed by atoms with E-state index in [9.17, 15) is 4.79 Å². The zero-order valence-electron chi connectivity index (χ0n) is 7.93. The van der Waals surface area contributed by atoms with E-state index in [1.165, 1.54) is 0 Å². The van der Waals surface area contributed by atoms with E-state index < -0.39 is 5.97 Å². The van der Waals surface area contributed by atoms with Gasteiger partial charge in [0.05, 0.1) is 12.1 Å². The second kappa shape index (κ2) is 4.28. The van der Waals surface area contributed by atoms with Crippen LogP contribution in [0.4, 0.5) is 0 Å². The fraction of sp³-hybridized carbons (Fsp3) is 0.667. The summed E-state index contributed by atoms with van der Waals surface area (Å²) in [5, 5.41) is 8.43. The van der Waals surface area contributed by atoms with Crippen molar-refractivity contribution in [1.29, 1.82) is 0 Å². The molecular formula is C9H15NO3. The molecule has 74 valence electrons. The Kier molecular flexibility index (Phi) is 3.31. The fourth-order valence-corrected chi connectivity index (χ4v) is 1.55. The minimum atomic E-state index is -0.918. The first kappa shape index (κ1) is 10.1. The molecule has 0 spiro atoms. The maximum absolute atomic E-state index is 10.3. The smallest absolute Gasteiger partial charge is 0.329 e. The molecule has 4 nitrogen and oxygen atoms in total. The van der Waals surface area contributed by atoms with Crippen LogP contribution in [0.5, 0.6) is 0 Å². The van der Waals surface area contributed by atoms with Crippen LogP contribution in [0.25, 0.3) is 0 Å². The van der Waals surface area contributed by atoms with Crippen LogP contribution in [0.2, 0.25) is 0 Å². The van der Waals surface area contributed by atoms with E-state index in [0.29, 0.717) is 6.04 Å². The first-order chi connectivity index (χ1) is 6.11. The molecule has 1 aliphatic rings. The van der Waals surface area contributed by atoms with Gasteiger partial charge >= 0.3 is 5.97 Å². The Balaban J connectivity index is 2.47. The Morgan fingerprint density at radius 1 is 1.69 bits per heavy atom. The lowest BCUT2D eigenvalue weighted by Gasteiger charge is -2.24. The van der Waals surface area contributed by atoms with E-state index in [1.807, 2.05) is 18.9 Å². The molecule has 0 bridgehead atoms. The highest BCUT2D eigenvalue weighted by molar-refractivity contribution is 5.79. The molecule has 2 atom stereocenters. The molecule has 0 radical (unpaired) electrons. The molecule has 2 unspecified atom stereocenters. The minimum absolute atomic E-state index is 0.184. The second-order valence-electron chi connectivity index (χ2n) is 3.25. The summed E-state index contributed by atoms with van der Waals surface area (Å²) < 4.78 is 5.37. The number of carbonyl (C=O) groups is 1. The molecule has 0 aromatic heterocycles. The average Bonchev–Trinajstić information content (AvgIpc) is 2.47. The monoisotopic (exact) mass is 185 g/mol. The Bertz CT molecular complexity index is 215. The molecule has 1 aliphatic heterocycles. The van der Waals surface area contributed by atoms with E-state index >= 15 is 0 Å². The van der Waals surface area contributed by atoms with Crippen molar-refractivity contribution in [2.45, 2.75) is 25.5 Å². The number of nitrogens with zero attached hydrogens (tertiary/aromatic N) is 1. The first-order valence-corrected chi connectivity index (χ1v) is 4.36. The van der Waals surface area contributed by atoms with E-state index in [0.717, 1.165) is 19.1 Å². The van der Waals surface area contributed by atoms with Gasteiger partial charge in [-0.05, 0) is 13.3 Å². The van der Waals surface area contributed by atoms with E-state index in [-0.39, 0.29) is 6.10 Å². The molecule has 1 rings (SSSR count). The predicted molar refractivity (Wildman–Crippen MR) is 48.4 cm³/mol. The Morgan fingerprint density at radius 2 is 2.38 bits per heavy atom. The summed E-state index contributed by atoms with van der Waals surface area (Å²) in [6.45, 7) is 2.76. The van der Waals surface area contributed by atoms with Gasteiger partial charge in [0.15, 0.2) is 0 Å². The Labute approximate surface area is 77.8 Å².